The highest BCUT2D eigenvalue weighted by Gasteiger charge is 2.22. The monoisotopic (exact) mass is 292 g/mol. The molecule has 0 saturated carbocycles. The van der Waals surface area contributed by atoms with Crippen molar-refractivity contribution < 1.29 is 4.39 Å². The Labute approximate surface area is 125 Å². The minimum absolute atomic E-state index is 0.108. The van der Waals surface area contributed by atoms with Crippen LogP contribution < -0.4 is 0 Å². The summed E-state index contributed by atoms with van der Waals surface area (Å²) in [5.74, 6) is 0.600. The molecule has 112 valence electrons. The molecule has 0 N–H and O–H groups in total. The second kappa shape index (κ2) is 8.61. The van der Waals surface area contributed by atoms with Crippen molar-refractivity contribution in [3.05, 3.63) is 35.6 Å². The number of hydrogen-bond acceptors (Lipinski definition) is 0. The van der Waals surface area contributed by atoms with Crippen molar-refractivity contribution in [3.8, 4) is 0 Å². The summed E-state index contributed by atoms with van der Waals surface area (Å²) in [6, 6.07) is 11.8. The van der Waals surface area contributed by atoms with E-state index in [0.717, 1.165) is 0 Å². The lowest BCUT2D eigenvalue weighted by atomic mass is 9.93. The SMILES string of the molecule is CCCCCCC[SiH]1CCC(c2ccc(F)cc2)CC1. The summed E-state index contributed by atoms with van der Waals surface area (Å²) in [4.78, 5) is 0. The molecule has 2 rings (SSSR count). The standard InChI is InChI=1S/C18H29FSi/c1-2-3-4-5-6-13-20-14-11-17(12-15-20)16-7-9-18(19)10-8-16/h7-10,17,20H,2-6,11-15H2,1H3. The van der Waals surface area contributed by atoms with Crippen molar-refractivity contribution >= 4 is 8.80 Å². The van der Waals surface area contributed by atoms with E-state index in [0.29, 0.717) is 5.92 Å². The fraction of sp³-hybridized carbons (Fsp3) is 0.667. The molecule has 20 heavy (non-hydrogen) atoms. The second-order valence-corrected chi connectivity index (χ2v) is 9.94. The van der Waals surface area contributed by atoms with E-state index < -0.39 is 8.80 Å². The van der Waals surface area contributed by atoms with Gasteiger partial charge in [0.15, 0.2) is 0 Å². The van der Waals surface area contributed by atoms with Crippen LogP contribution in [0.1, 0.15) is 63.4 Å². The molecule has 1 aliphatic heterocycles. The van der Waals surface area contributed by atoms with E-state index in [1.54, 1.807) is 18.2 Å². The summed E-state index contributed by atoms with van der Waals surface area (Å²) in [5, 5.41) is 0. The first kappa shape index (κ1) is 15.8. The average molecular weight is 293 g/mol. The number of rotatable bonds is 7. The molecule has 1 saturated heterocycles. The minimum Gasteiger partial charge on any atom is -0.207 e. The molecule has 1 heterocycles. The van der Waals surface area contributed by atoms with Gasteiger partial charge in [-0.15, -0.1) is 0 Å². The Balaban J connectivity index is 1.66. The Morgan fingerprint density at radius 1 is 1.00 bits per heavy atom. The molecular formula is C18H29FSi. The van der Waals surface area contributed by atoms with E-state index in [4.69, 9.17) is 0 Å². The zero-order chi connectivity index (χ0) is 14.2. The van der Waals surface area contributed by atoms with Gasteiger partial charge in [-0.05, 0) is 36.5 Å². The second-order valence-electron chi connectivity index (χ2n) is 6.47. The molecular weight excluding hydrogens is 263 g/mol. The molecule has 0 atom stereocenters. The predicted molar refractivity (Wildman–Crippen MR) is 88.7 cm³/mol. The van der Waals surface area contributed by atoms with Gasteiger partial charge >= 0.3 is 0 Å². The number of hydrogen-bond donors (Lipinski definition) is 0. The van der Waals surface area contributed by atoms with Gasteiger partial charge in [0.1, 0.15) is 5.82 Å². The van der Waals surface area contributed by atoms with Crippen LogP contribution in [0.4, 0.5) is 4.39 Å². The third-order valence-corrected chi connectivity index (χ3v) is 8.43. The number of unbranched alkanes of at least 4 members (excludes halogenated alkanes) is 4. The maximum absolute atomic E-state index is 13.0. The number of benzene rings is 1. The molecule has 1 fully saturated rings. The summed E-state index contributed by atoms with van der Waals surface area (Å²) < 4.78 is 13.0. The van der Waals surface area contributed by atoms with E-state index in [1.165, 1.54) is 62.6 Å². The largest absolute Gasteiger partial charge is 0.207 e. The smallest absolute Gasteiger partial charge is 0.123 e. The summed E-state index contributed by atoms with van der Waals surface area (Å²) in [6.07, 6.45) is 9.86. The molecule has 0 amide bonds. The molecule has 2 heteroatoms. The first-order valence-corrected chi connectivity index (χ1v) is 11.0. The maximum Gasteiger partial charge on any atom is 0.123 e. The molecule has 0 bridgehead atoms. The first-order valence-electron chi connectivity index (χ1n) is 8.55. The van der Waals surface area contributed by atoms with Crippen molar-refractivity contribution in [1.82, 2.24) is 0 Å². The molecule has 1 aromatic carbocycles. The third kappa shape index (κ3) is 5.04. The Kier molecular flexibility index (Phi) is 6.78. The van der Waals surface area contributed by atoms with Gasteiger partial charge < -0.3 is 0 Å². The van der Waals surface area contributed by atoms with E-state index in [2.05, 4.69) is 6.92 Å². The fourth-order valence-electron chi connectivity index (χ4n) is 3.56. The van der Waals surface area contributed by atoms with Crippen LogP contribution in [-0.4, -0.2) is 8.80 Å². The van der Waals surface area contributed by atoms with Gasteiger partial charge in [0.25, 0.3) is 0 Å². The van der Waals surface area contributed by atoms with Crippen molar-refractivity contribution in [1.29, 1.82) is 0 Å². The van der Waals surface area contributed by atoms with Gasteiger partial charge in [-0.1, -0.05) is 69.3 Å². The lowest BCUT2D eigenvalue weighted by Gasteiger charge is -2.28. The van der Waals surface area contributed by atoms with Gasteiger partial charge in [0, 0.05) is 8.80 Å². The van der Waals surface area contributed by atoms with Crippen LogP contribution in [0.25, 0.3) is 0 Å². The van der Waals surface area contributed by atoms with E-state index in [9.17, 15) is 4.39 Å². The zero-order valence-electron chi connectivity index (χ0n) is 12.9. The highest BCUT2D eigenvalue weighted by atomic mass is 28.3. The fourth-order valence-corrected chi connectivity index (χ4v) is 7.04. The van der Waals surface area contributed by atoms with Crippen LogP contribution in [-0.2, 0) is 0 Å². The molecule has 0 nitrogen and oxygen atoms in total. The normalized spacial score (nSPS) is 22.9. The summed E-state index contributed by atoms with van der Waals surface area (Å²) >= 11 is 0. The van der Waals surface area contributed by atoms with E-state index in [1.807, 2.05) is 12.1 Å². The van der Waals surface area contributed by atoms with Gasteiger partial charge in [-0.3, -0.25) is 0 Å². The Bertz CT molecular complexity index is 366. The quantitative estimate of drug-likeness (QED) is 0.433. The van der Waals surface area contributed by atoms with Gasteiger partial charge in [-0.2, -0.15) is 0 Å². The Hall–Kier alpha value is -0.633. The van der Waals surface area contributed by atoms with Crippen molar-refractivity contribution in [2.75, 3.05) is 0 Å². The average Bonchev–Trinajstić information content (AvgIpc) is 2.49. The number of halogens is 1. The molecule has 0 aromatic heterocycles. The van der Waals surface area contributed by atoms with Crippen LogP contribution in [0.2, 0.25) is 18.1 Å². The highest BCUT2D eigenvalue weighted by molar-refractivity contribution is 6.59. The molecule has 0 radical (unpaired) electrons. The van der Waals surface area contributed by atoms with Gasteiger partial charge in [0.2, 0.25) is 0 Å². The molecule has 0 spiro atoms. The zero-order valence-corrected chi connectivity index (χ0v) is 14.1. The molecule has 1 aromatic rings. The summed E-state index contributed by atoms with van der Waals surface area (Å²) in [6.45, 7) is 2.28. The van der Waals surface area contributed by atoms with Crippen molar-refractivity contribution in [2.45, 2.75) is 75.9 Å². The summed E-state index contributed by atoms with van der Waals surface area (Å²) in [5.41, 5.74) is 1.36. The van der Waals surface area contributed by atoms with Gasteiger partial charge in [0.05, 0.1) is 0 Å². The van der Waals surface area contributed by atoms with Crippen LogP contribution in [0.5, 0.6) is 0 Å². The van der Waals surface area contributed by atoms with Crippen LogP contribution in [0.3, 0.4) is 0 Å². The van der Waals surface area contributed by atoms with Crippen LogP contribution >= 0.6 is 0 Å². The van der Waals surface area contributed by atoms with E-state index in [-0.39, 0.29) is 5.82 Å². The lowest BCUT2D eigenvalue weighted by Crippen LogP contribution is -2.20. The van der Waals surface area contributed by atoms with E-state index >= 15 is 0 Å². The molecule has 0 unspecified atom stereocenters. The minimum atomic E-state index is -0.424. The topological polar surface area (TPSA) is 0 Å². The third-order valence-electron chi connectivity index (χ3n) is 4.90. The Morgan fingerprint density at radius 3 is 2.30 bits per heavy atom. The molecule has 1 aliphatic rings. The van der Waals surface area contributed by atoms with Gasteiger partial charge in [-0.25, -0.2) is 4.39 Å². The highest BCUT2D eigenvalue weighted by Crippen LogP contribution is 2.35. The maximum atomic E-state index is 13.0. The lowest BCUT2D eigenvalue weighted by molar-refractivity contribution is 0.593. The summed E-state index contributed by atoms with van der Waals surface area (Å²) in [7, 11) is -0.424. The first-order chi connectivity index (χ1) is 9.79. The molecule has 0 aliphatic carbocycles. The van der Waals surface area contributed by atoms with Crippen molar-refractivity contribution in [2.24, 2.45) is 0 Å². The van der Waals surface area contributed by atoms with Crippen molar-refractivity contribution in [3.63, 3.8) is 0 Å². The predicted octanol–water partition coefficient (Wildman–Crippen LogP) is 5.90. The Morgan fingerprint density at radius 2 is 1.65 bits per heavy atom. The van der Waals surface area contributed by atoms with Crippen LogP contribution in [0, 0.1) is 5.82 Å². The van der Waals surface area contributed by atoms with Crippen LogP contribution in [0.15, 0.2) is 24.3 Å².